The van der Waals surface area contributed by atoms with Gasteiger partial charge in [0.05, 0.1) is 0 Å². The number of carbonyl (C=O) groups excluding carboxylic acids is 1. The molecule has 0 aromatic carbocycles. The minimum absolute atomic E-state index is 0.0143. The molecule has 0 N–H and O–H groups in total. The maximum Gasteiger partial charge on any atom is 0.459 e. The number of nitrogens with zero attached hydrogens (tertiary/aromatic N) is 5. The third-order valence-corrected chi connectivity index (χ3v) is 4.04. The summed E-state index contributed by atoms with van der Waals surface area (Å²) in [5, 5.41) is 7.25. The van der Waals surface area contributed by atoms with Gasteiger partial charge in [0.15, 0.2) is 5.78 Å². The Balaban J connectivity index is 2.06. The van der Waals surface area contributed by atoms with E-state index in [4.69, 9.17) is 4.42 Å². The molecule has 0 saturated heterocycles. The van der Waals surface area contributed by atoms with Crippen molar-refractivity contribution in [1.29, 1.82) is 0 Å². The molecule has 4 aromatic heterocycles. The second-order valence-corrected chi connectivity index (χ2v) is 5.85. The SMILES string of the molecule is CC(=O)c1cc(C(F)(F)C(F)(F)F)nc2c1ccc1nc(-c3nnco3)cn12. The first-order valence-corrected chi connectivity index (χ1v) is 7.65. The van der Waals surface area contributed by atoms with Gasteiger partial charge in [-0.15, -0.1) is 10.2 Å². The summed E-state index contributed by atoms with van der Waals surface area (Å²) in [5.41, 5.74) is -1.86. The Hall–Kier alpha value is -3.44. The molecule has 0 atom stereocenters. The van der Waals surface area contributed by atoms with Crippen molar-refractivity contribution in [2.45, 2.75) is 19.0 Å². The third-order valence-electron chi connectivity index (χ3n) is 4.04. The first-order valence-electron chi connectivity index (χ1n) is 7.65. The zero-order chi connectivity index (χ0) is 20.3. The smallest absolute Gasteiger partial charge is 0.422 e. The quantitative estimate of drug-likeness (QED) is 0.386. The number of rotatable bonds is 3. The fourth-order valence-corrected chi connectivity index (χ4v) is 2.71. The summed E-state index contributed by atoms with van der Waals surface area (Å²) in [6, 6.07) is 3.28. The zero-order valence-corrected chi connectivity index (χ0v) is 13.8. The summed E-state index contributed by atoms with van der Waals surface area (Å²) < 4.78 is 72.5. The molecular weight excluding hydrogens is 389 g/mol. The molecule has 7 nitrogen and oxygen atoms in total. The molecule has 0 fully saturated rings. The van der Waals surface area contributed by atoms with Gasteiger partial charge in [-0.25, -0.2) is 9.97 Å². The molecule has 0 amide bonds. The molecular formula is C16H8F5N5O2. The number of hydrogen-bond donors (Lipinski definition) is 0. The Morgan fingerprint density at radius 1 is 1.14 bits per heavy atom. The molecule has 0 aliphatic rings. The average Bonchev–Trinajstić information content (AvgIpc) is 3.28. The van der Waals surface area contributed by atoms with Gasteiger partial charge in [0.1, 0.15) is 22.7 Å². The van der Waals surface area contributed by atoms with Crippen LogP contribution in [0.1, 0.15) is 23.0 Å². The first kappa shape index (κ1) is 17.9. The number of hydrogen-bond acceptors (Lipinski definition) is 6. The second-order valence-electron chi connectivity index (χ2n) is 5.85. The maximum atomic E-state index is 13.9. The largest absolute Gasteiger partial charge is 0.459 e. The average molecular weight is 397 g/mol. The molecule has 0 unspecified atom stereocenters. The van der Waals surface area contributed by atoms with Gasteiger partial charge in [-0.05, 0) is 25.1 Å². The minimum atomic E-state index is -5.88. The highest BCUT2D eigenvalue weighted by molar-refractivity contribution is 6.06. The van der Waals surface area contributed by atoms with Crippen molar-refractivity contribution in [3.63, 3.8) is 0 Å². The minimum Gasteiger partial charge on any atom is -0.422 e. The lowest BCUT2D eigenvalue weighted by atomic mass is 10.0. The molecule has 0 aliphatic heterocycles. The molecule has 144 valence electrons. The Labute approximate surface area is 151 Å². The normalized spacial score (nSPS) is 12.8. The fraction of sp³-hybridized carbons (Fsp3) is 0.188. The molecule has 28 heavy (non-hydrogen) atoms. The van der Waals surface area contributed by atoms with Gasteiger partial charge in [-0.1, -0.05) is 0 Å². The van der Waals surface area contributed by atoms with Crippen LogP contribution in [0.25, 0.3) is 28.3 Å². The number of pyridine rings is 2. The van der Waals surface area contributed by atoms with Crippen LogP contribution in [0.5, 0.6) is 0 Å². The summed E-state index contributed by atoms with van der Waals surface area (Å²) in [6.07, 6.45) is -3.54. The van der Waals surface area contributed by atoms with Crippen LogP contribution in [-0.4, -0.2) is 36.5 Å². The number of halogens is 5. The van der Waals surface area contributed by atoms with Gasteiger partial charge >= 0.3 is 12.1 Å². The van der Waals surface area contributed by atoms with Crippen LogP contribution in [0.4, 0.5) is 22.0 Å². The van der Waals surface area contributed by atoms with Crippen molar-refractivity contribution in [3.8, 4) is 11.6 Å². The lowest BCUT2D eigenvalue weighted by molar-refractivity contribution is -0.290. The van der Waals surface area contributed by atoms with Gasteiger partial charge in [0.2, 0.25) is 6.39 Å². The van der Waals surface area contributed by atoms with Crippen LogP contribution in [0.2, 0.25) is 0 Å². The van der Waals surface area contributed by atoms with Crippen molar-refractivity contribution in [2.75, 3.05) is 0 Å². The first-order chi connectivity index (χ1) is 13.1. The lowest BCUT2D eigenvalue weighted by Gasteiger charge is -2.20. The van der Waals surface area contributed by atoms with Crippen molar-refractivity contribution >= 4 is 22.5 Å². The number of fused-ring (bicyclic) bond motifs is 3. The van der Waals surface area contributed by atoms with Crippen molar-refractivity contribution in [2.24, 2.45) is 0 Å². The van der Waals surface area contributed by atoms with Gasteiger partial charge < -0.3 is 4.42 Å². The number of Topliss-reactive ketones (excluding diaryl/α,β-unsaturated/α-hetero) is 1. The second kappa shape index (κ2) is 5.78. The van der Waals surface area contributed by atoms with E-state index in [2.05, 4.69) is 20.2 Å². The molecule has 0 bridgehead atoms. The van der Waals surface area contributed by atoms with E-state index in [1.807, 2.05) is 0 Å². The maximum absolute atomic E-state index is 13.9. The predicted molar refractivity (Wildman–Crippen MR) is 83.7 cm³/mol. The van der Waals surface area contributed by atoms with E-state index in [0.717, 1.165) is 13.3 Å². The summed E-state index contributed by atoms with van der Waals surface area (Å²) in [4.78, 5) is 19.6. The van der Waals surface area contributed by atoms with Crippen molar-refractivity contribution in [1.82, 2.24) is 24.6 Å². The number of ketones is 1. The van der Waals surface area contributed by atoms with E-state index in [0.29, 0.717) is 6.07 Å². The van der Waals surface area contributed by atoms with E-state index in [1.165, 1.54) is 22.7 Å². The van der Waals surface area contributed by atoms with Gasteiger partial charge in [-0.2, -0.15) is 22.0 Å². The fourth-order valence-electron chi connectivity index (χ4n) is 2.71. The van der Waals surface area contributed by atoms with Gasteiger partial charge in [0.25, 0.3) is 5.89 Å². The molecule has 4 rings (SSSR count). The van der Waals surface area contributed by atoms with Crippen LogP contribution in [0.3, 0.4) is 0 Å². The van der Waals surface area contributed by atoms with Crippen molar-refractivity contribution in [3.05, 3.63) is 42.0 Å². The number of imidazole rings is 1. The highest BCUT2D eigenvalue weighted by atomic mass is 19.4. The van der Waals surface area contributed by atoms with Crippen LogP contribution in [0, 0.1) is 0 Å². The summed E-state index contributed by atoms with van der Waals surface area (Å²) in [6.45, 7) is 1.06. The third kappa shape index (κ3) is 2.60. The molecule has 12 heteroatoms. The molecule has 0 radical (unpaired) electrons. The van der Waals surface area contributed by atoms with Crippen molar-refractivity contribution < 1.29 is 31.2 Å². The Morgan fingerprint density at radius 2 is 1.89 bits per heavy atom. The predicted octanol–water partition coefficient (Wildman–Crippen LogP) is 3.79. The number of aromatic nitrogens is 5. The number of carbonyl (C=O) groups is 1. The highest BCUT2D eigenvalue weighted by Crippen LogP contribution is 2.44. The molecule has 4 aromatic rings. The van der Waals surface area contributed by atoms with E-state index in [9.17, 15) is 26.7 Å². The standard InChI is InChI=1S/C16H8F5N5O2/c1-7(27)9-4-11(15(17,18)16(19,20)21)24-13-8(9)2-3-12-23-10(5-26(12)13)14-25-22-6-28-14/h2-6H,1H3. The van der Waals surface area contributed by atoms with Crippen LogP contribution >= 0.6 is 0 Å². The molecule has 4 heterocycles. The Bertz CT molecular complexity index is 1210. The van der Waals surface area contributed by atoms with E-state index in [-0.39, 0.29) is 33.8 Å². The Kier molecular flexibility index (Phi) is 3.70. The monoisotopic (exact) mass is 397 g/mol. The number of alkyl halides is 5. The van der Waals surface area contributed by atoms with E-state index >= 15 is 0 Å². The zero-order valence-electron chi connectivity index (χ0n) is 13.8. The van der Waals surface area contributed by atoms with E-state index in [1.54, 1.807) is 0 Å². The molecule has 0 aliphatic carbocycles. The van der Waals surface area contributed by atoms with Crippen LogP contribution in [-0.2, 0) is 5.92 Å². The van der Waals surface area contributed by atoms with Gasteiger partial charge in [-0.3, -0.25) is 9.20 Å². The summed E-state index contributed by atoms with van der Waals surface area (Å²) in [7, 11) is 0. The topological polar surface area (TPSA) is 86.2 Å². The van der Waals surface area contributed by atoms with Crippen LogP contribution < -0.4 is 0 Å². The van der Waals surface area contributed by atoms with E-state index < -0.39 is 23.6 Å². The van der Waals surface area contributed by atoms with Crippen LogP contribution in [0.15, 0.2) is 35.2 Å². The summed E-state index contributed by atoms with van der Waals surface area (Å²) >= 11 is 0. The Morgan fingerprint density at radius 3 is 2.50 bits per heavy atom. The van der Waals surface area contributed by atoms with Gasteiger partial charge in [0, 0.05) is 17.1 Å². The lowest BCUT2D eigenvalue weighted by Crippen LogP contribution is -2.34. The summed E-state index contributed by atoms with van der Waals surface area (Å²) in [5.74, 6) is -5.92. The highest BCUT2D eigenvalue weighted by Gasteiger charge is 2.60. The molecule has 0 saturated carbocycles. The molecule has 0 spiro atoms.